The van der Waals surface area contributed by atoms with Crippen LogP contribution in [0.2, 0.25) is 0 Å². The van der Waals surface area contributed by atoms with Gasteiger partial charge in [-0.2, -0.15) is 0 Å². The number of nitrogens with zero attached hydrogens (tertiary/aromatic N) is 1. The summed E-state index contributed by atoms with van der Waals surface area (Å²) in [4.78, 5) is 2.54. The van der Waals surface area contributed by atoms with E-state index in [-0.39, 0.29) is 17.9 Å². The predicted molar refractivity (Wildman–Crippen MR) is 74.1 cm³/mol. The lowest BCUT2D eigenvalue weighted by Crippen LogP contribution is -2.45. The Morgan fingerprint density at radius 3 is 2.38 bits per heavy atom. The number of rotatable bonds is 3. The van der Waals surface area contributed by atoms with Gasteiger partial charge in [0.15, 0.2) is 0 Å². The minimum atomic E-state index is -0.0440. The number of hydrogen-bond donors (Lipinski definition) is 1. The van der Waals surface area contributed by atoms with Crippen LogP contribution in [0.15, 0.2) is 0 Å². The third kappa shape index (κ3) is 6.07. The summed E-state index contributed by atoms with van der Waals surface area (Å²) < 4.78 is 0. The fourth-order valence-corrected chi connectivity index (χ4v) is 2.58. The van der Waals surface area contributed by atoms with Gasteiger partial charge in [0.25, 0.3) is 0 Å². The van der Waals surface area contributed by atoms with E-state index in [0.717, 1.165) is 18.4 Å². The van der Waals surface area contributed by atoms with Crippen molar-refractivity contribution in [2.24, 2.45) is 17.6 Å². The maximum absolute atomic E-state index is 6.07. The van der Waals surface area contributed by atoms with Gasteiger partial charge >= 0.3 is 0 Å². The molecular weight excluding hydrogens is 220 g/mol. The van der Waals surface area contributed by atoms with Crippen molar-refractivity contribution in [3.8, 4) is 0 Å². The Hall–Kier alpha value is 0.210. The lowest BCUT2D eigenvalue weighted by molar-refractivity contribution is 0.227. The molecule has 16 heavy (non-hydrogen) atoms. The van der Waals surface area contributed by atoms with Gasteiger partial charge in [-0.05, 0) is 58.0 Å². The van der Waals surface area contributed by atoms with E-state index in [2.05, 4.69) is 32.6 Å². The summed E-state index contributed by atoms with van der Waals surface area (Å²) in [6, 6.07) is 0. The molecule has 1 fully saturated rings. The normalized spacial score (nSPS) is 24.0. The van der Waals surface area contributed by atoms with Crippen LogP contribution in [0.5, 0.6) is 0 Å². The molecule has 1 heterocycles. The Labute approximate surface area is 107 Å². The Kier molecular flexibility index (Phi) is 6.92. The molecule has 0 saturated carbocycles. The van der Waals surface area contributed by atoms with Gasteiger partial charge in [0.05, 0.1) is 0 Å². The van der Waals surface area contributed by atoms with E-state index >= 15 is 0 Å². The van der Waals surface area contributed by atoms with E-state index in [9.17, 15) is 0 Å². The molecule has 1 unspecified atom stereocenters. The SMILES string of the molecule is CC(C)C1CCCN(CC(C)(C)N)CC1.Cl. The van der Waals surface area contributed by atoms with Crippen LogP contribution >= 0.6 is 12.4 Å². The number of halogens is 1. The van der Waals surface area contributed by atoms with Gasteiger partial charge in [0.1, 0.15) is 0 Å². The van der Waals surface area contributed by atoms with E-state index < -0.39 is 0 Å². The molecule has 0 bridgehead atoms. The third-order valence-corrected chi connectivity index (χ3v) is 3.44. The van der Waals surface area contributed by atoms with Gasteiger partial charge in [0, 0.05) is 12.1 Å². The first-order valence-corrected chi connectivity index (χ1v) is 6.40. The highest BCUT2D eigenvalue weighted by molar-refractivity contribution is 5.85. The summed E-state index contributed by atoms with van der Waals surface area (Å²) in [6.45, 7) is 12.5. The molecule has 1 aliphatic heterocycles. The van der Waals surface area contributed by atoms with Crippen molar-refractivity contribution in [1.82, 2.24) is 4.90 Å². The molecular formula is C13H29ClN2. The number of likely N-dealkylation sites (tertiary alicyclic amines) is 1. The zero-order chi connectivity index (χ0) is 11.5. The molecule has 2 N–H and O–H groups in total. The first-order valence-electron chi connectivity index (χ1n) is 6.40. The molecule has 2 nitrogen and oxygen atoms in total. The van der Waals surface area contributed by atoms with Crippen molar-refractivity contribution in [1.29, 1.82) is 0 Å². The molecule has 1 saturated heterocycles. The molecule has 0 spiro atoms. The third-order valence-electron chi connectivity index (χ3n) is 3.44. The summed E-state index contributed by atoms with van der Waals surface area (Å²) >= 11 is 0. The predicted octanol–water partition coefficient (Wildman–Crippen LogP) is 2.90. The Balaban J connectivity index is 0.00000225. The highest BCUT2D eigenvalue weighted by atomic mass is 35.5. The van der Waals surface area contributed by atoms with Gasteiger partial charge in [-0.1, -0.05) is 13.8 Å². The van der Waals surface area contributed by atoms with E-state index in [1.165, 1.54) is 32.4 Å². The summed E-state index contributed by atoms with van der Waals surface area (Å²) in [6.07, 6.45) is 4.10. The standard InChI is InChI=1S/C13H28N2.ClH/c1-11(2)12-6-5-8-15(9-7-12)10-13(3,4)14;/h11-12H,5-10,14H2,1-4H3;1H. The molecule has 0 aromatic heterocycles. The van der Waals surface area contributed by atoms with E-state index in [0.29, 0.717) is 0 Å². The van der Waals surface area contributed by atoms with E-state index in [1.807, 2.05) is 0 Å². The number of nitrogens with two attached hydrogens (primary N) is 1. The fraction of sp³-hybridized carbons (Fsp3) is 1.00. The van der Waals surface area contributed by atoms with Crippen molar-refractivity contribution in [2.75, 3.05) is 19.6 Å². The maximum Gasteiger partial charge on any atom is 0.0226 e. The van der Waals surface area contributed by atoms with Crippen LogP contribution in [0, 0.1) is 11.8 Å². The lowest BCUT2D eigenvalue weighted by Gasteiger charge is -2.28. The Bertz CT molecular complexity index is 187. The molecule has 3 heteroatoms. The maximum atomic E-state index is 6.07. The second-order valence-electron chi connectivity index (χ2n) is 6.20. The van der Waals surface area contributed by atoms with Crippen molar-refractivity contribution in [2.45, 2.75) is 52.5 Å². The van der Waals surface area contributed by atoms with Crippen molar-refractivity contribution < 1.29 is 0 Å². The first kappa shape index (κ1) is 16.2. The topological polar surface area (TPSA) is 29.3 Å². The summed E-state index contributed by atoms with van der Waals surface area (Å²) in [5.41, 5.74) is 6.03. The molecule has 0 aromatic carbocycles. The van der Waals surface area contributed by atoms with Crippen LogP contribution in [0.3, 0.4) is 0 Å². The van der Waals surface area contributed by atoms with Crippen LogP contribution in [0.25, 0.3) is 0 Å². The van der Waals surface area contributed by atoms with E-state index in [1.54, 1.807) is 0 Å². The molecule has 0 aromatic rings. The number of hydrogen-bond acceptors (Lipinski definition) is 2. The summed E-state index contributed by atoms with van der Waals surface area (Å²) in [5, 5.41) is 0. The molecule has 0 radical (unpaired) electrons. The summed E-state index contributed by atoms with van der Waals surface area (Å²) in [7, 11) is 0. The zero-order valence-corrected chi connectivity index (χ0v) is 12.1. The van der Waals surface area contributed by atoms with E-state index in [4.69, 9.17) is 5.73 Å². The zero-order valence-electron chi connectivity index (χ0n) is 11.3. The van der Waals surface area contributed by atoms with Crippen LogP contribution in [0.1, 0.15) is 47.0 Å². The van der Waals surface area contributed by atoms with Crippen LogP contribution in [-0.4, -0.2) is 30.1 Å². The minimum absolute atomic E-state index is 0. The van der Waals surface area contributed by atoms with Gasteiger partial charge in [-0.15, -0.1) is 12.4 Å². The van der Waals surface area contributed by atoms with Crippen LogP contribution < -0.4 is 5.73 Å². The van der Waals surface area contributed by atoms with Gasteiger partial charge < -0.3 is 10.6 Å². The van der Waals surface area contributed by atoms with Crippen molar-refractivity contribution >= 4 is 12.4 Å². The summed E-state index contributed by atoms with van der Waals surface area (Å²) in [5.74, 6) is 1.77. The minimum Gasteiger partial charge on any atom is -0.324 e. The van der Waals surface area contributed by atoms with Gasteiger partial charge in [0.2, 0.25) is 0 Å². The second kappa shape index (κ2) is 6.83. The van der Waals surface area contributed by atoms with Crippen molar-refractivity contribution in [3.05, 3.63) is 0 Å². The monoisotopic (exact) mass is 248 g/mol. The molecule has 0 aliphatic carbocycles. The Morgan fingerprint density at radius 2 is 1.88 bits per heavy atom. The molecule has 1 aliphatic rings. The highest BCUT2D eigenvalue weighted by Gasteiger charge is 2.22. The van der Waals surface area contributed by atoms with Gasteiger partial charge in [-0.25, -0.2) is 0 Å². The van der Waals surface area contributed by atoms with Crippen LogP contribution in [-0.2, 0) is 0 Å². The molecule has 98 valence electrons. The average Bonchev–Trinajstić information content (AvgIpc) is 2.26. The highest BCUT2D eigenvalue weighted by Crippen LogP contribution is 2.24. The van der Waals surface area contributed by atoms with Crippen molar-refractivity contribution in [3.63, 3.8) is 0 Å². The Morgan fingerprint density at radius 1 is 1.25 bits per heavy atom. The smallest absolute Gasteiger partial charge is 0.0226 e. The fourth-order valence-electron chi connectivity index (χ4n) is 2.58. The average molecular weight is 249 g/mol. The molecule has 0 amide bonds. The largest absolute Gasteiger partial charge is 0.324 e. The van der Waals surface area contributed by atoms with Crippen LogP contribution in [0.4, 0.5) is 0 Å². The van der Waals surface area contributed by atoms with Gasteiger partial charge in [-0.3, -0.25) is 0 Å². The quantitative estimate of drug-likeness (QED) is 0.832. The lowest BCUT2D eigenvalue weighted by atomic mass is 9.89. The molecule has 1 rings (SSSR count). The second-order valence-corrected chi connectivity index (χ2v) is 6.20. The molecule has 1 atom stereocenters. The first-order chi connectivity index (χ1) is 6.88.